The van der Waals surface area contributed by atoms with Crippen molar-refractivity contribution in [1.29, 1.82) is 0 Å². The van der Waals surface area contributed by atoms with Crippen molar-refractivity contribution in [3.8, 4) is 0 Å². The average molecular weight is 337 g/mol. The van der Waals surface area contributed by atoms with Crippen LogP contribution in [0.2, 0.25) is 5.02 Å². The molecule has 1 aromatic carbocycles. The summed E-state index contributed by atoms with van der Waals surface area (Å²) in [5, 5.41) is 4.09. The highest BCUT2D eigenvalue weighted by atomic mass is 35.7. The molecular formula is C12H11Cl2FN2O2S. The zero-order valence-electron chi connectivity index (χ0n) is 10.7. The minimum atomic E-state index is -3.88. The summed E-state index contributed by atoms with van der Waals surface area (Å²) >= 11 is 5.71. The maximum atomic E-state index is 13.8. The van der Waals surface area contributed by atoms with Crippen molar-refractivity contribution in [1.82, 2.24) is 9.78 Å². The van der Waals surface area contributed by atoms with Gasteiger partial charge in [0, 0.05) is 16.2 Å². The van der Waals surface area contributed by atoms with Gasteiger partial charge in [0.1, 0.15) is 10.7 Å². The van der Waals surface area contributed by atoms with E-state index in [1.54, 1.807) is 19.1 Å². The van der Waals surface area contributed by atoms with E-state index in [2.05, 4.69) is 5.10 Å². The molecule has 0 aliphatic heterocycles. The second-order valence-electron chi connectivity index (χ2n) is 4.31. The molecule has 0 bridgehead atoms. The summed E-state index contributed by atoms with van der Waals surface area (Å²) in [6.07, 6.45) is 0. The number of nitrogens with zero attached hydrogens (tertiary/aromatic N) is 2. The summed E-state index contributed by atoms with van der Waals surface area (Å²) in [5.74, 6) is -0.544. The van der Waals surface area contributed by atoms with Gasteiger partial charge >= 0.3 is 0 Å². The van der Waals surface area contributed by atoms with Crippen molar-refractivity contribution in [2.45, 2.75) is 25.3 Å². The van der Waals surface area contributed by atoms with Gasteiger partial charge in [0.15, 0.2) is 0 Å². The van der Waals surface area contributed by atoms with Gasteiger partial charge in [-0.1, -0.05) is 23.7 Å². The van der Waals surface area contributed by atoms with Gasteiger partial charge in [0.2, 0.25) is 0 Å². The Labute approximate surface area is 125 Å². The van der Waals surface area contributed by atoms with Crippen LogP contribution in [0, 0.1) is 19.7 Å². The van der Waals surface area contributed by atoms with Crippen LogP contribution in [0.1, 0.15) is 17.0 Å². The van der Waals surface area contributed by atoms with Crippen LogP contribution in [0.4, 0.5) is 4.39 Å². The van der Waals surface area contributed by atoms with Gasteiger partial charge in [-0.3, -0.25) is 4.68 Å². The van der Waals surface area contributed by atoms with Crippen LogP contribution in [0.25, 0.3) is 0 Å². The van der Waals surface area contributed by atoms with Gasteiger partial charge in [0.05, 0.1) is 23.0 Å². The van der Waals surface area contributed by atoms with E-state index in [1.165, 1.54) is 17.7 Å². The van der Waals surface area contributed by atoms with Crippen LogP contribution in [0.3, 0.4) is 0 Å². The molecule has 0 N–H and O–H groups in total. The normalized spacial score (nSPS) is 11.8. The van der Waals surface area contributed by atoms with E-state index in [-0.39, 0.29) is 22.2 Å². The van der Waals surface area contributed by atoms with Crippen LogP contribution < -0.4 is 0 Å². The van der Waals surface area contributed by atoms with Gasteiger partial charge in [0.25, 0.3) is 9.05 Å². The fraction of sp³-hybridized carbons (Fsp3) is 0.250. The quantitative estimate of drug-likeness (QED) is 0.808. The van der Waals surface area contributed by atoms with Crippen LogP contribution in [0.15, 0.2) is 23.1 Å². The first-order valence-electron chi connectivity index (χ1n) is 5.63. The predicted molar refractivity (Wildman–Crippen MR) is 75.3 cm³/mol. The zero-order valence-corrected chi connectivity index (χ0v) is 13.0. The maximum absolute atomic E-state index is 13.8. The second-order valence-corrected chi connectivity index (χ2v) is 7.22. The standard InChI is InChI=1S/C12H11Cl2FN2O2S/c1-7-12(20(14,18)19)8(2)17(16-7)6-9-4-3-5-10(13)11(9)15/h3-5H,6H2,1-2H3. The molecule has 0 saturated carbocycles. The van der Waals surface area contributed by atoms with E-state index in [9.17, 15) is 12.8 Å². The maximum Gasteiger partial charge on any atom is 0.264 e. The predicted octanol–water partition coefficient (Wildman–Crippen LogP) is 3.27. The molecule has 1 heterocycles. The van der Waals surface area contributed by atoms with Crippen LogP contribution >= 0.6 is 22.3 Å². The first-order valence-corrected chi connectivity index (χ1v) is 8.32. The van der Waals surface area contributed by atoms with Crippen LogP contribution in [-0.2, 0) is 15.6 Å². The van der Waals surface area contributed by atoms with E-state index < -0.39 is 14.9 Å². The third kappa shape index (κ3) is 2.82. The van der Waals surface area contributed by atoms with Gasteiger partial charge < -0.3 is 0 Å². The number of hydrogen-bond acceptors (Lipinski definition) is 3. The molecule has 0 fully saturated rings. The highest BCUT2D eigenvalue weighted by Gasteiger charge is 2.23. The van der Waals surface area contributed by atoms with Gasteiger partial charge in [-0.05, 0) is 19.9 Å². The Morgan fingerprint density at radius 2 is 2.00 bits per heavy atom. The minimum Gasteiger partial charge on any atom is -0.264 e. The third-order valence-electron chi connectivity index (χ3n) is 2.91. The largest absolute Gasteiger partial charge is 0.264 e. The molecule has 0 radical (unpaired) electrons. The number of benzene rings is 1. The Morgan fingerprint density at radius 3 is 2.55 bits per heavy atom. The van der Waals surface area contributed by atoms with E-state index in [1.807, 2.05) is 0 Å². The SMILES string of the molecule is Cc1nn(Cc2cccc(Cl)c2F)c(C)c1S(=O)(=O)Cl. The van der Waals surface area contributed by atoms with Crippen molar-refractivity contribution in [3.05, 3.63) is 46.0 Å². The highest BCUT2D eigenvalue weighted by Crippen LogP contribution is 2.25. The lowest BCUT2D eigenvalue weighted by molar-refractivity contribution is 0.578. The smallest absolute Gasteiger partial charge is 0.264 e. The molecule has 0 aliphatic carbocycles. The summed E-state index contributed by atoms with van der Waals surface area (Å²) in [5.41, 5.74) is 0.957. The average Bonchev–Trinajstić information content (AvgIpc) is 2.59. The number of hydrogen-bond donors (Lipinski definition) is 0. The molecule has 0 spiro atoms. The van der Waals surface area contributed by atoms with Crippen molar-refractivity contribution in [2.75, 3.05) is 0 Å². The molecule has 2 aromatic rings. The molecule has 0 unspecified atom stereocenters. The molecule has 0 aliphatic rings. The van der Waals surface area contributed by atoms with Crippen molar-refractivity contribution in [3.63, 3.8) is 0 Å². The summed E-state index contributed by atoms with van der Waals surface area (Å²) in [6, 6.07) is 4.62. The molecule has 108 valence electrons. The summed E-state index contributed by atoms with van der Waals surface area (Å²) in [6.45, 7) is 3.18. The highest BCUT2D eigenvalue weighted by molar-refractivity contribution is 8.13. The van der Waals surface area contributed by atoms with Crippen LogP contribution in [0.5, 0.6) is 0 Å². The Hall–Kier alpha value is -1.11. The van der Waals surface area contributed by atoms with E-state index in [0.29, 0.717) is 11.3 Å². The van der Waals surface area contributed by atoms with E-state index >= 15 is 0 Å². The fourth-order valence-corrected chi connectivity index (χ4v) is 3.74. The lowest BCUT2D eigenvalue weighted by Gasteiger charge is -2.07. The number of halogens is 3. The molecule has 0 amide bonds. The Kier molecular flexibility index (Phi) is 4.09. The van der Waals surface area contributed by atoms with Gasteiger partial charge in [-0.15, -0.1) is 0 Å². The lowest BCUT2D eigenvalue weighted by Crippen LogP contribution is -2.06. The lowest BCUT2D eigenvalue weighted by atomic mass is 10.2. The molecule has 0 atom stereocenters. The van der Waals surface area contributed by atoms with Crippen LogP contribution in [-0.4, -0.2) is 18.2 Å². The molecular weight excluding hydrogens is 326 g/mol. The number of aryl methyl sites for hydroxylation is 1. The van der Waals surface area contributed by atoms with Crippen molar-refractivity contribution < 1.29 is 12.8 Å². The van der Waals surface area contributed by atoms with Gasteiger partial charge in [-0.2, -0.15) is 5.10 Å². The Morgan fingerprint density at radius 1 is 1.35 bits per heavy atom. The van der Waals surface area contributed by atoms with E-state index in [0.717, 1.165) is 0 Å². The summed E-state index contributed by atoms with van der Waals surface area (Å²) in [7, 11) is 1.48. The Balaban J connectivity index is 2.49. The fourth-order valence-electron chi connectivity index (χ4n) is 2.02. The van der Waals surface area contributed by atoms with E-state index in [4.69, 9.17) is 22.3 Å². The summed E-state index contributed by atoms with van der Waals surface area (Å²) < 4.78 is 38.2. The molecule has 4 nitrogen and oxygen atoms in total. The first kappa shape index (κ1) is 15.3. The van der Waals surface area contributed by atoms with Gasteiger partial charge in [-0.25, -0.2) is 12.8 Å². The molecule has 0 saturated heterocycles. The van der Waals surface area contributed by atoms with Crippen molar-refractivity contribution in [2.24, 2.45) is 0 Å². The topological polar surface area (TPSA) is 52.0 Å². The number of aromatic nitrogens is 2. The first-order chi connectivity index (χ1) is 9.21. The molecule has 1 aromatic heterocycles. The zero-order chi connectivity index (χ0) is 15.1. The monoisotopic (exact) mass is 336 g/mol. The van der Waals surface area contributed by atoms with Crippen molar-refractivity contribution >= 4 is 31.3 Å². The second kappa shape index (κ2) is 5.35. The third-order valence-corrected chi connectivity index (χ3v) is 4.74. The summed E-state index contributed by atoms with van der Waals surface area (Å²) in [4.78, 5) is -0.0402. The molecule has 20 heavy (non-hydrogen) atoms. The number of rotatable bonds is 3. The molecule has 2 rings (SSSR count). The Bertz CT molecular complexity index is 772. The molecule has 8 heteroatoms. The minimum absolute atomic E-state index is 0.00854.